The largest absolute Gasteiger partial charge is 0.432 e. The predicted molar refractivity (Wildman–Crippen MR) is 80.1 cm³/mol. The molecule has 0 unspecified atom stereocenters. The lowest BCUT2D eigenvalue weighted by Gasteiger charge is -2.30. The monoisotopic (exact) mass is 380 g/mol. The molecule has 0 radical (unpaired) electrons. The third kappa shape index (κ3) is 5.16. The van der Waals surface area contributed by atoms with Gasteiger partial charge in [0, 0.05) is 19.7 Å². The first-order valence-corrected chi connectivity index (χ1v) is 7.62. The van der Waals surface area contributed by atoms with E-state index in [2.05, 4.69) is 15.2 Å². The molecule has 1 aromatic rings. The van der Waals surface area contributed by atoms with Crippen molar-refractivity contribution in [3.63, 3.8) is 0 Å². The molecule has 1 aliphatic rings. The minimum Gasteiger partial charge on any atom is -0.384 e. The number of amides is 2. The number of H-pyrrole nitrogens is 1. The molecule has 9 nitrogen and oxygen atoms in total. The molecule has 0 aliphatic carbocycles. The zero-order valence-electron chi connectivity index (χ0n) is 13.9. The van der Waals surface area contributed by atoms with E-state index in [0.29, 0.717) is 6.07 Å². The number of aromatic amines is 1. The molecule has 1 fully saturated rings. The van der Waals surface area contributed by atoms with Crippen molar-refractivity contribution in [3.8, 4) is 0 Å². The van der Waals surface area contributed by atoms with Crippen LogP contribution in [0.1, 0.15) is 16.2 Å². The average molecular weight is 380 g/mol. The van der Waals surface area contributed by atoms with Crippen molar-refractivity contribution in [2.45, 2.75) is 11.8 Å². The fourth-order valence-electron chi connectivity index (χ4n) is 2.38. The summed E-state index contributed by atoms with van der Waals surface area (Å²) in [5, 5.41) is 18.2. The average Bonchev–Trinajstić information content (AvgIpc) is 2.98. The first-order valence-electron chi connectivity index (χ1n) is 7.62. The molecule has 2 amide bonds. The van der Waals surface area contributed by atoms with Crippen LogP contribution in [0.25, 0.3) is 0 Å². The molecule has 12 heteroatoms. The molecule has 146 valence electrons. The van der Waals surface area contributed by atoms with E-state index in [9.17, 15) is 27.9 Å². The topological polar surface area (TPSA) is 117 Å². The number of alkyl halides is 3. The van der Waals surface area contributed by atoms with Gasteiger partial charge in [-0.15, -0.1) is 0 Å². The Balaban J connectivity index is 2.07. The van der Waals surface area contributed by atoms with Crippen LogP contribution in [0.15, 0.2) is 6.07 Å². The Morgan fingerprint density at radius 3 is 2.88 bits per heavy atom. The van der Waals surface area contributed by atoms with Crippen molar-refractivity contribution in [3.05, 3.63) is 17.5 Å². The normalized spacial score (nSPS) is 21.3. The van der Waals surface area contributed by atoms with Gasteiger partial charge in [0.15, 0.2) is 5.69 Å². The summed E-state index contributed by atoms with van der Waals surface area (Å²) >= 11 is 0. The minimum atomic E-state index is -4.65. The van der Waals surface area contributed by atoms with E-state index in [1.165, 1.54) is 7.11 Å². The summed E-state index contributed by atoms with van der Waals surface area (Å²) in [7, 11) is 1.34. The summed E-state index contributed by atoms with van der Waals surface area (Å²) in [6, 6.07) is 0.605. The number of aliphatic hydroxyl groups is 1. The highest BCUT2D eigenvalue weighted by atomic mass is 19.4. The van der Waals surface area contributed by atoms with Crippen LogP contribution >= 0.6 is 0 Å². The second kappa shape index (κ2) is 8.01. The number of ether oxygens (including phenoxy) is 2. The number of rotatable bonds is 5. The van der Waals surface area contributed by atoms with Crippen LogP contribution in [-0.4, -0.2) is 84.2 Å². The summed E-state index contributed by atoms with van der Waals surface area (Å²) < 4.78 is 47.8. The highest BCUT2D eigenvalue weighted by Gasteiger charge is 2.37. The van der Waals surface area contributed by atoms with Crippen LogP contribution < -0.4 is 5.32 Å². The van der Waals surface area contributed by atoms with E-state index in [1.807, 2.05) is 0 Å². The van der Waals surface area contributed by atoms with Gasteiger partial charge in [0.2, 0.25) is 5.91 Å². The second-order valence-electron chi connectivity index (χ2n) is 5.88. The number of methoxy groups -OCH3 is 1. The minimum absolute atomic E-state index is 0.0569. The van der Waals surface area contributed by atoms with Crippen molar-refractivity contribution in [2.75, 3.05) is 46.6 Å². The Morgan fingerprint density at radius 1 is 1.54 bits per heavy atom. The highest BCUT2D eigenvalue weighted by Crippen LogP contribution is 2.28. The summed E-state index contributed by atoms with van der Waals surface area (Å²) in [6.45, 7) is -0.676. The third-order valence-corrected chi connectivity index (χ3v) is 3.64. The van der Waals surface area contributed by atoms with E-state index in [4.69, 9.17) is 4.74 Å². The van der Waals surface area contributed by atoms with Crippen molar-refractivity contribution >= 4 is 11.8 Å². The lowest BCUT2D eigenvalue weighted by atomic mass is 10.0. The van der Waals surface area contributed by atoms with Gasteiger partial charge < -0.3 is 24.8 Å². The Labute approximate surface area is 146 Å². The number of carbonyl (C=O) groups is 2. The van der Waals surface area contributed by atoms with Crippen LogP contribution in [0.3, 0.4) is 0 Å². The number of nitrogens with zero attached hydrogens (tertiary/aromatic N) is 2. The highest BCUT2D eigenvalue weighted by molar-refractivity contribution is 5.92. The van der Waals surface area contributed by atoms with Gasteiger partial charge in [-0.2, -0.15) is 18.3 Å². The quantitative estimate of drug-likeness (QED) is 0.628. The maximum absolute atomic E-state index is 12.6. The zero-order chi connectivity index (χ0) is 19.4. The molecule has 1 aromatic heterocycles. The Morgan fingerprint density at radius 2 is 2.27 bits per heavy atom. The van der Waals surface area contributed by atoms with Gasteiger partial charge in [0.05, 0.1) is 26.3 Å². The number of nitrogens with one attached hydrogen (secondary N) is 2. The van der Waals surface area contributed by atoms with E-state index < -0.39 is 35.0 Å². The summed E-state index contributed by atoms with van der Waals surface area (Å²) in [5.74, 6) is -1.26. The third-order valence-electron chi connectivity index (χ3n) is 3.64. The predicted octanol–water partition coefficient (Wildman–Crippen LogP) is -0.605. The molecule has 1 aliphatic heterocycles. The maximum atomic E-state index is 12.6. The van der Waals surface area contributed by atoms with Crippen molar-refractivity contribution in [1.82, 2.24) is 20.4 Å². The maximum Gasteiger partial charge on any atom is 0.432 e. The van der Waals surface area contributed by atoms with E-state index in [0.717, 1.165) is 4.90 Å². The van der Waals surface area contributed by atoms with Crippen molar-refractivity contribution in [1.29, 1.82) is 0 Å². The van der Waals surface area contributed by atoms with Gasteiger partial charge in [0.25, 0.3) is 5.91 Å². The molecule has 1 saturated heterocycles. The molecule has 0 aromatic carbocycles. The van der Waals surface area contributed by atoms with E-state index in [1.54, 1.807) is 5.10 Å². The lowest BCUT2D eigenvalue weighted by molar-refractivity contribution is -0.141. The van der Waals surface area contributed by atoms with E-state index >= 15 is 0 Å². The summed E-state index contributed by atoms with van der Waals surface area (Å²) in [6.07, 6.45) is -4.65. The number of aromatic nitrogens is 2. The Kier molecular flexibility index (Phi) is 6.21. The molecule has 26 heavy (non-hydrogen) atoms. The molecule has 0 bridgehead atoms. The second-order valence-corrected chi connectivity index (χ2v) is 5.88. The van der Waals surface area contributed by atoms with Crippen molar-refractivity contribution < 1.29 is 37.3 Å². The summed E-state index contributed by atoms with van der Waals surface area (Å²) in [4.78, 5) is 25.0. The van der Waals surface area contributed by atoms with Gasteiger partial charge >= 0.3 is 6.18 Å². The smallest absolute Gasteiger partial charge is 0.384 e. The molecule has 3 N–H and O–H groups in total. The molecular formula is C14H19F3N4O5. The number of halogens is 3. The lowest BCUT2D eigenvalue weighted by Crippen LogP contribution is -2.53. The number of hydrogen-bond acceptors (Lipinski definition) is 6. The number of carbonyl (C=O) groups excluding carboxylic acids is 2. The van der Waals surface area contributed by atoms with Gasteiger partial charge in [-0.05, 0) is 0 Å². The van der Waals surface area contributed by atoms with Crippen LogP contribution in [0, 0.1) is 0 Å². The number of hydrogen-bond donors (Lipinski definition) is 3. The fourth-order valence-corrected chi connectivity index (χ4v) is 2.38. The molecule has 2 heterocycles. The molecule has 0 saturated carbocycles. The molecular weight excluding hydrogens is 361 g/mol. The zero-order valence-corrected chi connectivity index (χ0v) is 13.9. The standard InChI is InChI=1S/C14H19F3N4O5/c1-25-5-11(22)18-6-13(24)7-21(2-3-26-8-13)12(23)9-4-10(20-19-9)14(15,16)17/h4,24H,2-3,5-8H2,1H3,(H,18,22)(H,19,20)/t13-/m0/s1. The molecule has 2 rings (SSSR count). The Hall–Kier alpha value is -2.18. The van der Waals surface area contributed by atoms with Gasteiger partial charge in [0.1, 0.15) is 17.9 Å². The molecule has 0 spiro atoms. The first-order chi connectivity index (χ1) is 12.1. The number of β-amino-alcohol motifs (C(OH)–C–C–N with tert-alkyl or cyclic N) is 1. The van der Waals surface area contributed by atoms with Crippen LogP contribution in [-0.2, 0) is 20.4 Å². The van der Waals surface area contributed by atoms with E-state index in [-0.39, 0.29) is 39.5 Å². The van der Waals surface area contributed by atoms with Crippen LogP contribution in [0.4, 0.5) is 13.2 Å². The SMILES string of the molecule is COCC(=O)NC[C@@]1(O)COCCN(C(=O)c2cc(C(F)(F)F)[nH]n2)C1. The van der Waals surface area contributed by atoms with Crippen LogP contribution in [0.2, 0.25) is 0 Å². The van der Waals surface area contributed by atoms with Gasteiger partial charge in [-0.3, -0.25) is 14.7 Å². The van der Waals surface area contributed by atoms with Gasteiger partial charge in [-0.25, -0.2) is 0 Å². The summed E-state index contributed by atoms with van der Waals surface area (Å²) in [5.41, 5.74) is -3.17. The Bertz CT molecular complexity index is 651. The van der Waals surface area contributed by atoms with Crippen molar-refractivity contribution in [2.24, 2.45) is 0 Å². The van der Waals surface area contributed by atoms with Crippen LogP contribution in [0.5, 0.6) is 0 Å². The van der Waals surface area contributed by atoms with Gasteiger partial charge in [-0.1, -0.05) is 0 Å². The first kappa shape index (κ1) is 20.1. The molecule has 1 atom stereocenters. The fraction of sp³-hybridized carbons (Fsp3) is 0.643.